The Hall–Kier alpha value is -2.28. The Morgan fingerprint density at radius 1 is 1.38 bits per heavy atom. The zero-order chi connectivity index (χ0) is 16.7. The molecular formula is C17H19N5OS. The summed E-state index contributed by atoms with van der Waals surface area (Å²) in [5, 5.41) is 7.06. The Labute approximate surface area is 145 Å². The van der Waals surface area contributed by atoms with Crippen molar-refractivity contribution >= 4 is 29.3 Å². The fraction of sp³-hybridized carbons (Fsp3) is 0.353. The van der Waals surface area contributed by atoms with E-state index in [2.05, 4.69) is 45.7 Å². The number of urea groups is 1. The summed E-state index contributed by atoms with van der Waals surface area (Å²) < 4.78 is 0. The lowest BCUT2D eigenvalue weighted by Gasteiger charge is -2.39. The van der Waals surface area contributed by atoms with Crippen molar-refractivity contribution in [2.45, 2.75) is 31.1 Å². The van der Waals surface area contributed by atoms with Crippen molar-refractivity contribution in [3.63, 3.8) is 0 Å². The number of anilines is 2. The minimum atomic E-state index is -0.0902. The van der Waals surface area contributed by atoms with Crippen molar-refractivity contribution in [3.8, 4) is 0 Å². The van der Waals surface area contributed by atoms with Gasteiger partial charge in [0.15, 0.2) is 5.16 Å². The van der Waals surface area contributed by atoms with Crippen LogP contribution in [0.2, 0.25) is 0 Å². The molecular weight excluding hydrogens is 322 g/mol. The van der Waals surface area contributed by atoms with Gasteiger partial charge in [-0.1, -0.05) is 30.0 Å². The molecule has 4 rings (SSSR count). The third kappa shape index (κ3) is 2.49. The van der Waals surface area contributed by atoms with E-state index in [1.54, 1.807) is 0 Å². The molecule has 2 amide bonds. The van der Waals surface area contributed by atoms with Crippen LogP contribution < -0.4 is 10.6 Å². The molecule has 0 aliphatic carbocycles. The SMILES string of the molecule is CSc1ncc2c(n1)NC(=O)N(C1CCNc3c(C)cccc31)C2. The molecule has 2 aromatic rings. The smallest absolute Gasteiger partial charge is 0.323 e. The van der Waals surface area contributed by atoms with Gasteiger partial charge in [-0.3, -0.25) is 5.32 Å². The minimum absolute atomic E-state index is 0.0644. The predicted molar refractivity (Wildman–Crippen MR) is 95.4 cm³/mol. The van der Waals surface area contributed by atoms with Gasteiger partial charge >= 0.3 is 6.03 Å². The first-order valence-corrected chi connectivity index (χ1v) is 9.21. The number of nitrogens with zero attached hydrogens (tertiary/aromatic N) is 3. The molecule has 0 spiro atoms. The number of aromatic nitrogens is 2. The highest BCUT2D eigenvalue weighted by Crippen LogP contribution is 2.38. The maximum Gasteiger partial charge on any atom is 0.323 e. The number of carbonyl (C=O) groups excluding carboxylic acids is 1. The summed E-state index contributed by atoms with van der Waals surface area (Å²) in [5.74, 6) is 0.633. The Morgan fingerprint density at radius 2 is 2.25 bits per heavy atom. The van der Waals surface area contributed by atoms with Crippen molar-refractivity contribution in [3.05, 3.63) is 41.1 Å². The summed E-state index contributed by atoms with van der Waals surface area (Å²) >= 11 is 1.47. The van der Waals surface area contributed by atoms with Gasteiger partial charge in [-0.25, -0.2) is 14.8 Å². The average molecular weight is 341 g/mol. The normalized spacial score (nSPS) is 19.2. The number of fused-ring (bicyclic) bond motifs is 2. The maximum atomic E-state index is 12.7. The number of amides is 2. The van der Waals surface area contributed by atoms with E-state index in [4.69, 9.17) is 0 Å². The molecule has 1 aromatic carbocycles. The molecule has 1 aromatic heterocycles. The topological polar surface area (TPSA) is 70.2 Å². The summed E-state index contributed by atoms with van der Waals surface area (Å²) in [4.78, 5) is 23.3. The largest absolute Gasteiger partial charge is 0.384 e. The highest BCUT2D eigenvalue weighted by atomic mass is 32.2. The number of hydrogen-bond acceptors (Lipinski definition) is 5. The van der Waals surface area contributed by atoms with Gasteiger partial charge in [0.2, 0.25) is 0 Å². The lowest BCUT2D eigenvalue weighted by atomic mass is 9.93. The van der Waals surface area contributed by atoms with E-state index >= 15 is 0 Å². The zero-order valence-electron chi connectivity index (χ0n) is 13.7. The molecule has 1 unspecified atom stereocenters. The molecule has 6 nitrogen and oxygen atoms in total. The summed E-state index contributed by atoms with van der Waals surface area (Å²) in [6.45, 7) is 3.49. The van der Waals surface area contributed by atoms with Crippen LogP contribution in [0.15, 0.2) is 29.6 Å². The van der Waals surface area contributed by atoms with E-state index in [0.29, 0.717) is 17.5 Å². The average Bonchev–Trinajstić information content (AvgIpc) is 2.61. The van der Waals surface area contributed by atoms with E-state index in [1.807, 2.05) is 17.4 Å². The van der Waals surface area contributed by atoms with Crippen molar-refractivity contribution in [1.82, 2.24) is 14.9 Å². The quantitative estimate of drug-likeness (QED) is 0.647. The fourth-order valence-corrected chi connectivity index (χ4v) is 3.76. The molecule has 2 aliphatic heterocycles. The Balaban J connectivity index is 1.69. The number of aryl methyl sites for hydroxylation is 1. The number of rotatable bonds is 2. The Bertz CT molecular complexity index is 810. The van der Waals surface area contributed by atoms with Crippen LogP contribution in [-0.2, 0) is 6.54 Å². The van der Waals surface area contributed by atoms with Gasteiger partial charge in [-0.05, 0) is 30.7 Å². The van der Waals surface area contributed by atoms with Gasteiger partial charge in [-0.15, -0.1) is 0 Å². The summed E-state index contributed by atoms with van der Waals surface area (Å²) in [5.41, 5.74) is 4.51. The van der Waals surface area contributed by atoms with Gasteiger partial charge in [-0.2, -0.15) is 0 Å². The second-order valence-electron chi connectivity index (χ2n) is 6.06. The van der Waals surface area contributed by atoms with Crippen molar-refractivity contribution in [2.24, 2.45) is 0 Å². The lowest BCUT2D eigenvalue weighted by molar-refractivity contribution is 0.176. The third-order valence-corrected chi connectivity index (χ3v) is 5.17. The van der Waals surface area contributed by atoms with Crippen LogP contribution >= 0.6 is 11.8 Å². The van der Waals surface area contributed by atoms with Gasteiger partial charge in [0, 0.05) is 24.0 Å². The lowest BCUT2D eigenvalue weighted by Crippen LogP contribution is -2.43. The van der Waals surface area contributed by atoms with Crippen LogP contribution in [0.3, 0.4) is 0 Å². The van der Waals surface area contributed by atoms with Crippen LogP contribution in [0.25, 0.3) is 0 Å². The Morgan fingerprint density at radius 3 is 3.08 bits per heavy atom. The number of nitrogens with one attached hydrogen (secondary N) is 2. The third-order valence-electron chi connectivity index (χ3n) is 4.61. The molecule has 2 aliphatic rings. The second kappa shape index (κ2) is 5.98. The van der Waals surface area contributed by atoms with Crippen LogP contribution in [0.1, 0.15) is 29.2 Å². The molecule has 0 fully saturated rings. The molecule has 1 atom stereocenters. The van der Waals surface area contributed by atoms with Crippen molar-refractivity contribution < 1.29 is 4.79 Å². The molecule has 0 saturated heterocycles. The number of benzene rings is 1. The monoisotopic (exact) mass is 341 g/mol. The summed E-state index contributed by atoms with van der Waals surface area (Å²) in [6.07, 6.45) is 4.63. The van der Waals surface area contributed by atoms with Crippen LogP contribution in [0.4, 0.5) is 16.3 Å². The first kappa shape index (κ1) is 15.3. The van der Waals surface area contributed by atoms with Gasteiger partial charge in [0.05, 0.1) is 12.6 Å². The molecule has 3 heterocycles. The van der Waals surface area contributed by atoms with E-state index in [-0.39, 0.29) is 12.1 Å². The number of thioether (sulfide) groups is 1. The first-order valence-electron chi connectivity index (χ1n) is 7.98. The molecule has 0 bridgehead atoms. The summed E-state index contributed by atoms with van der Waals surface area (Å²) in [6, 6.07) is 6.23. The van der Waals surface area contributed by atoms with Crippen molar-refractivity contribution in [1.29, 1.82) is 0 Å². The minimum Gasteiger partial charge on any atom is -0.384 e. The molecule has 124 valence electrons. The van der Waals surface area contributed by atoms with Crippen LogP contribution in [-0.4, -0.2) is 33.7 Å². The Kier molecular flexibility index (Phi) is 3.80. The number of hydrogen-bond donors (Lipinski definition) is 2. The highest BCUT2D eigenvalue weighted by molar-refractivity contribution is 7.98. The van der Waals surface area contributed by atoms with Gasteiger partial charge in [0.25, 0.3) is 0 Å². The van der Waals surface area contributed by atoms with Crippen LogP contribution in [0, 0.1) is 6.92 Å². The van der Waals surface area contributed by atoms with Crippen molar-refractivity contribution in [2.75, 3.05) is 23.4 Å². The van der Waals surface area contributed by atoms with E-state index in [9.17, 15) is 4.79 Å². The number of carbonyl (C=O) groups is 1. The van der Waals surface area contributed by atoms with Crippen LogP contribution in [0.5, 0.6) is 0 Å². The zero-order valence-corrected chi connectivity index (χ0v) is 14.5. The molecule has 0 saturated carbocycles. The van der Waals surface area contributed by atoms with Gasteiger partial charge < -0.3 is 10.2 Å². The molecule has 2 N–H and O–H groups in total. The predicted octanol–water partition coefficient (Wildman–Crippen LogP) is 3.41. The van der Waals surface area contributed by atoms with E-state index in [0.717, 1.165) is 24.2 Å². The second-order valence-corrected chi connectivity index (χ2v) is 6.83. The maximum absolute atomic E-state index is 12.7. The van der Waals surface area contributed by atoms with Gasteiger partial charge in [0.1, 0.15) is 5.82 Å². The molecule has 24 heavy (non-hydrogen) atoms. The number of para-hydroxylation sites is 1. The van der Waals surface area contributed by atoms with E-state index in [1.165, 1.54) is 22.9 Å². The van der Waals surface area contributed by atoms with E-state index < -0.39 is 0 Å². The molecule has 0 radical (unpaired) electrons. The highest BCUT2D eigenvalue weighted by Gasteiger charge is 2.33. The molecule has 7 heteroatoms. The summed E-state index contributed by atoms with van der Waals surface area (Å²) in [7, 11) is 0. The standard InChI is InChI=1S/C17H19N5OS/c1-10-4-3-5-12-13(6-7-18-14(10)12)22-9-11-8-19-16(24-2)20-15(11)21-17(22)23/h3-5,8,13,18H,6-7,9H2,1-2H3,(H,19,20,21,23). The fourth-order valence-electron chi connectivity index (χ4n) is 3.42. The first-order chi connectivity index (χ1) is 11.7.